The number of benzene rings is 2. The lowest BCUT2D eigenvalue weighted by Crippen LogP contribution is -1.84. The summed E-state index contributed by atoms with van der Waals surface area (Å²) in [7, 11) is 0. The van der Waals surface area contributed by atoms with Crippen molar-refractivity contribution in [2.24, 2.45) is 0 Å². The molecule has 0 fully saturated rings. The first-order chi connectivity index (χ1) is 9.66. The van der Waals surface area contributed by atoms with E-state index in [0.29, 0.717) is 0 Å². The lowest BCUT2D eigenvalue weighted by Gasteiger charge is -2.06. The van der Waals surface area contributed by atoms with Crippen LogP contribution in [0.15, 0.2) is 83.9 Å². The lowest BCUT2D eigenvalue weighted by molar-refractivity contribution is 1.55. The van der Waals surface area contributed by atoms with Crippen LogP contribution in [-0.4, -0.2) is 0 Å². The van der Waals surface area contributed by atoms with Crippen LogP contribution in [-0.2, 0) is 0 Å². The van der Waals surface area contributed by atoms with E-state index in [1.807, 2.05) is 30.3 Å². The number of hydrogen-bond donors (Lipinski definition) is 0. The van der Waals surface area contributed by atoms with Gasteiger partial charge in [-0.25, -0.2) is 0 Å². The van der Waals surface area contributed by atoms with Crippen LogP contribution >= 0.6 is 15.9 Å². The van der Waals surface area contributed by atoms with Gasteiger partial charge in [0.15, 0.2) is 0 Å². The molecule has 20 heavy (non-hydrogen) atoms. The summed E-state index contributed by atoms with van der Waals surface area (Å²) in [5, 5.41) is 0. The number of allylic oxidation sites excluding steroid dienone is 5. The highest BCUT2D eigenvalue weighted by Crippen LogP contribution is 2.24. The first-order valence-corrected chi connectivity index (χ1v) is 7.31. The zero-order valence-corrected chi connectivity index (χ0v) is 13.1. The highest BCUT2D eigenvalue weighted by atomic mass is 79.9. The molecule has 0 saturated carbocycles. The van der Waals surface area contributed by atoms with Crippen LogP contribution < -0.4 is 0 Å². The van der Waals surface area contributed by atoms with Gasteiger partial charge in [0.05, 0.1) is 0 Å². The maximum atomic E-state index is 3.91. The monoisotopic (exact) mass is 324 g/mol. The van der Waals surface area contributed by atoms with Crippen molar-refractivity contribution in [1.82, 2.24) is 0 Å². The Morgan fingerprint density at radius 2 is 1.35 bits per heavy atom. The largest absolute Gasteiger partial charge is 0.0847 e. The van der Waals surface area contributed by atoms with Crippen molar-refractivity contribution in [2.75, 3.05) is 0 Å². The van der Waals surface area contributed by atoms with Gasteiger partial charge in [-0.1, -0.05) is 89.2 Å². The van der Waals surface area contributed by atoms with Crippen LogP contribution in [0.25, 0.3) is 11.1 Å². The molecular formula is C19H17Br. The first-order valence-electron chi connectivity index (χ1n) is 6.52. The fourth-order valence-electron chi connectivity index (χ4n) is 2.03. The second-order valence-electron chi connectivity index (χ2n) is 4.61. The van der Waals surface area contributed by atoms with E-state index in [2.05, 4.69) is 71.9 Å². The summed E-state index contributed by atoms with van der Waals surface area (Å²) in [5.41, 5.74) is 4.79. The minimum Gasteiger partial charge on any atom is -0.0847 e. The zero-order valence-electron chi connectivity index (χ0n) is 11.5. The van der Waals surface area contributed by atoms with Crippen molar-refractivity contribution in [3.63, 3.8) is 0 Å². The number of halogens is 1. The van der Waals surface area contributed by atoms with Crippen molar-refractivity contribution in [2.45, 2.75) is 6.92 Å². The van der Waals surface area contributed by atoms with Gasteiger partial charge in [0, 0.05) is 4.48 Å². The summed E-state index contributed by atoms with van der Waals surface area (Å²) in [6.45, 7) is 6.04. The summed E-state index contributed by atoms with van der Waals surface area (Å²) in [5.74, 6) is 0. The SMILES string of the molecule is C=C(Br)/C=C(\C=C(/C)c1ccccc1)c1ccccc1. The minimum absolute atomic E-state index is 0.869. The number of hydrogen-bond acceptors (Lipinski definition) is 0. The van der Waals surface area contributed by atoms with Gasteiger partial charge in [0.2, 0.25) is 0 Å². The Labute approximate surface area is 129 Å². The Morgan fingerprint density at radius 1 is 0.850 bits per heavy atom. The van der Waals surface area contributed by atoms with Crippen LogP contribution in [0.4, 0.5) is 0 Å². The Kier molecular flexibility index (Phi) is 5.14. The van der Waals surface area contributed by atoms with Gasteiger partial charge in [-0.15, -0.1) is 0 Å². The zero-order chi connectivity index (χ0) is 14.4. The molecule has 0 radical (unpaired) electrons. The van der Waals surface area contributed by atoms with Gasteiger partial charge >= 0.3 is 0 Å². The molecule has 0 aromatic heterocycles. The van der Waals surface area contributed by atoms with Crippen LogP contribution in [0.2, 0.25) is 0 Å². The molecule has 1 heteroatoms. The lowest BCUT2D eigenvalue weighted by atomic mass is 9.99. The fraction of sp³-hybridized carbons (Fsp3) is 0.0526. The van der Waals surface area contributed by atoms with E-state index in [0.717, 1.165) is 10.1 Å². The number of rotatable bonds is 4. The van der Waals surface area contributed by atoms with Gasteiger partial charge in [0.1, 0.15) is 0 Å². The van der Waals surface area contributed by atoms with Gasteiger partial charge < -0.3 is 0 Å². The second-order valence-corrected chi connectivity index (χ2v) is 5.62. The van der Waals surface area contributed by atoms with E-state index in [1.165, 1.54) is 16.7 Å². The summed E-state index contributed by atoms with van der Waals surface area (Å²) < 4.78 is 0.869. The molecule has 0 N–H and O–H groups in total. The molecule has 0 unspecified atom stereocenters. The average molecular weight is 325 g/mol. The molecule has 100 valence electrons. The average Bonchev–Trinajstić information content (AvgIpc) is 2.48. The molecule has 0 aliphatic heterocycles. The van der Waals surface area contributed by atoms with Crippen LogP contribution in [0.1, 0.15) is 18.1 Å². The van der Waals surface area contributed by atoms with Gasteiger partial charge in [-0.3, -0.25) is 0 Å². The van der Waals surface area contributed by atoms with Crippen molar-refractivity contribution in [1.29, 1.82) is 0 Å². The van der Waals surface area contributed by atoms with Crippen molar-refractivity contribution < 1.29 is 0 Å². The molecule has 2 rings (SSSR count). The fourth-order valence-corrected chi connectivity index (χ4v) is 2.27. The van der Waals surface area contributed by atoms with Crippen molar-refractivity contribution in [3.05, 3.63) is 95.0 Å². The van der Waals surface area contributed by atoms with Crippen molar-refractivity contribution in [3.8, 4) is 0 Å². The molecule has 0 spiro atoms. The van der Waals surface area contributed by atoms with Gasteiger partial charge in [-0.05, 0) is 35.3 Å². The normalized spacial score (nSPS) is 12.3. The quantitative estimate of drug-likeness (QED) is 0.597. The maximum Gasteiger partial charge on any atom is 0.0109 e. The third-order valence-electron chi connectivity index (χ3n) is 3.02. The predicted octanol–water partition coefficient (Wildman–Crippen LogP) is 6.08. The molecule has 0 nitrogen and oxygen atoms in total. The Bertz CT molecular complexity index is 634. The summed E-state index contributed by atoms with van der Waals surface area (Å²) in [6, 6.07) is 20.7. The van der Waals surface area contributed by atoms with Crippen LogP contribution in [0, 0.1) is 0 Å². The van der Waals surface area contributed by atoms with E-state index in [-0.39, 0.29) is 0 Å². The highest BCUT2D eigenvalue weighted by Gasteiger charge is 2.01. The topological polar surface area (TPSA) is 0 Å². The molecule has 2 aromatic carbocycles. The molecule has 0 bridgehead atoms. The molecule has 0 atom stereocenters. The van der Waals surface area contributed by atoms with Gasteiger partial charge in [0.25, 0.3) is 0 Å². The van der Waals surface area contributed by atoms with E-state index >= 15 is 0 Å². The van der Waals surface area contributed by atoms with Crippen LogP contribution in [0.5, 0.6) is 0 Å². The van der Waals surface area contributed by atoms with E-state index in [4.69, 9.17) is 0 Å². The van der Waals surface area contributed by atoms with E-state index < -0.39 is 0 Å². The minimum atomic E-state index is 0.869. The summed E-state index contributed by atoms with van der Waals surface area (Å²) in [6.07, 6.45) is 4.23. The Hall–Kier alpha value is -1.86. The third kappa shape index (κ3) is 4.07. The predicted molar refractivity (Wildman–Crippen MR) is 92.6 cm³/mol. The van der Waals surface area contributed by atoms with Crippen LogP contribution in [0.3, 0.4) is 0 Å². The second kappa shape index (κ2) is 7.06. The molecule has 0 aliphatic carbocycles. The summed E-state index contributed by atoms with van der Waals surface area (Å²) >= 11 is 3.42. The molecule has 0 aliphatic rings. The molecule has 0 heterocycles. The van der Waals surface area contributed by atoms with E-state index in [1.54, 1.807) is 0 Å². The highest BCUT2D eigenvalue weighted by molar-refractivity contribution is 9.11. The Balaban J connectivity index is 2.42. The maximum absolute atomic E-state index is 3.91. The van der Waals surface area contributed by atoms with E-state index in [9.17, 15) is 0 Å². The third-order valence-corrected chi connectivity index (χ3v) is 3.25. The van der Waals surface area contributed by atoms with Crippen molar-refractivity contribution >= 4 is 27.1 Å². The molecule has 2 aromatic rings. The summed E-state index contributed by atoms with van der Waals surface area (Å²) in [4.78, 5) is 0. The first kappa shape index (κ1) is 14.5. The smallest absolute Gasteiger partial charge is 0.0109 e. The standard InChI is InChI=1S/C19H17Br/c1-15(17-9-5-3-6-10-17)13-19(14-16(2)20)18-11-7-4-8-12-18/h3-14H,2H2,1H3/b15-13+,19-14+. The molecule has 0 amide bonds. The molecule has 0 saturated heterocycles. The van der Waals surface area contributed by atoms with Gasteiger partial charge in [-0.2, -0.15) is 0 Å². The molecular weight excluding hydrogens is 308 g/mol. The Morgan fingerprint density at radius 3 is 1.85 bits per heavy atom.